The van der Waals surface area contributed by atoms with Crippen LogP contribution in [0.4, 0.5) is 0 Å². The molecule has 2 rings (SSSR count). The molecule has 1 atom stereocenters. The van der Waals surface area contributed by atoms with E-state index in [0.717, 1.165) is 16.9 Å². The maximum atomic E-state index is 6.20. The Hall–Kier alpha value is -0.700. The van der Waals surface area contributed by atoms with Crippen LogP contribution in [0.15, 0.2) is 42.5 Å². The SMILES string of the molecule is COc1ccc(Cl)cc1C(Br)c1ccccc1Cl. The maximum absolute atomic E-state index is 6.20. The van der Waals surface area contributed by atoms with Crippen LogP contribution >= 0.6 is 39.1 Å². The molecular weight excluding hydrogens is 335 g/mol. The summed E-state index contributed by atoms with van der Waals surface area (Å²) in [5.74, 6) is 0.779. The summed E-state index contributed by atoms with van der Waals surface area (Å²) in [6.45, 7) is 0. The van der Waals surface area contributed by atoms with E-state index in [9.17, 15) is 0 Å². The Morgan fingerprint density at radius 2 is 1.78 bits per heavy atom. The summed E-state index contributed by atoms with van der Waals surface area (Å²) in [6, 6.07) is 13.2. The van der Waals surface area contributed by atoms with Gasteiger partial charge in [0, 0.05) is 15.6 Å². The van der Waals surface area contributed by atoms with Gasteiger partial charge in [0.1, 0.15) is 5.75 Å². The third-order valence-electron chi connectivity index (χ3n) is 2.64. The predicted molar refractivity (Wildman–Crippen MR) is 80.2 cm³/mol. The molecular formula is C14H11BrCl2O. The van der Waals surface area contributed by atoms with Gasteiger partial charge >= 0.3 is 0 Å². The molecule has 0 radical (unpaired) electrons. The lowest BCUT2D eigenvalue weighted by Gasteiger charge is -2.16. The standard InChI is InChI=1S/C14H11BrCl2O/c1-18-13-7-6-9(16)8-11(13)14(15)10-4-2-3-5-12(10)17/h2-8,14H,1H3. The van der Waals surface area contributed by atoms with Crippen molar-refractivity contribution in [2.45, 2.75) is 4.83 Å². The van der Waals surface area contributed by atoms with Crippen LogP contribution in [0.25, 0.3) is 0 Å². The number of halogens is 3. The minimum atomic E-state index is -0.0557. The van der Waals surface area contributed by atoms with Gasteiger partial charge in [0.25, 0.3) is 0 Å². The summed E-state index contributed by atoms with van der Waals surface area (Å²) in [4.78, 5) is -0.0557. The number of ether oxygens (including phenoxy) is 1. The molecule has 2 aromatic carbocycles. The number of hydrogen-bond acceptors (Lipinski definition) is 1. The lowest BCUT2D eigenvalue weighted by atomic mass is 10.0. The van der Waals surface area contributed by atoms with E-state index in [0.29, 0.717) is 10.0 Å². The number of hydrogen-bond donors (Lipinski definition) is 0. The van der Waals surface area contributed by atoms with E-state index in [1.54, 1.807) is 13.2 Å². The van der Waals surface area contributed by atoms with E-state index in [2.05, 4.69) is 15.9 Å². The predicted octanol–water partition coefficient (Wildman–Crippen LogP) is 5.49. The molecule has 0 aliphatic heterocycles. The first-order chi connectivity index (χ1) is 8.63. The van der Waals surface area contributed by atoms with E-state index in [-0.39, 0.29) is 4.83 Å². The first-order valence-electron chi connectivity index (χ1n) is 5.35. The highest BCUT2D eigenvalue weighted by molar-refractivity contribution is 9.09. The van der Waals surface area contributed by atoms with Gasteiger partial charge in [-0.2, -0.15) is 0 Å². The van der Waals surface area contributed by atoms with Gasteiger partial charge in [-0.3, -0.25) is 0 Å². The van der Waals surface area contributed by atoms with Crippen LogP contribution in [0.2, 0.25) is 10.0 Å². The van der Waals surface area contributed by atoms with Gasteiger partial charge in [-0.25, -0.2) is 0 Å². The summed E-state index contributed by atoms with van der Waals surface area (Å²) in [7, 11) is 1.64. The Labute approximate surface area is 125 Å². The molecule has 0 heterocycles. The molecule has 0 N–H and O–H groups in total. The first kappa shape index (κ1) is 13.7. The molecule has 0 bridgehead atoms. The van der Waals surface area contributed by atoms with Crippen LogP contribution in [-0.4, -0.2) is 7.11 Å². The fraction of sp³-hybridized carbons (Fsp3) is 0.143. The summed E-state index contributed by atoms with van der Waals surface area (Å²) in [5.41, 5.74) is 1.94. The fourth-order valence-corrected chi connectivity index (χ4v) is 3.07. The summed E-state index contributed by atoms with van der Waals surface area (Å²) >= 11 is 15.9. The lowest BCUT2D eigenvalue weighted by molar-refractivity contribution is 0.410. The second kappa shape index (κ2) is 5.96. The van der Waals surface area contributed by atoms with Crippen LogP contribution in [0.5, 0.6) is 5.75 Å². The second-order valence-electron chi connectivity index (χ2n) is 3.77. The number of benzene rings is 2. The highest BCUT2D eigenvalue weighted by Crippen LogP contribution is 2.40. The summed E-state index contributed by atoms with van der Waals surface area (Å²) < 4.78 is 5.35. The molecule has 0 aliphatic rings. The zero-order chi connectivity index (χ0) is 13.1. The highest BCUT2D eigenvalue weighted by atomic mass is 79.9. The molecule has 0 aromatic heterocycles. The largest absolute Gasteiger partial charge is 0.496 e. The molecule has 0 amide bonds. The Morgan fingerprint density at radius 1 is 1.06 bits per heavy atom. The van der Waals surface area contributed by atoms with E-state index in [4.69, 9.17) is 27.9 Å². The second-order valence-corrected chi connectivity index (χ2v) is 5.53. The van der Waals surface area contributed by atoms with E-state index in [1.165, 1.54) is 0 Å². The van der Waals surface area contributed by atoms with Gasteiger partial charge < -0.3 is 4.74 Å². The molecule has 0 spiro atoms. The quantitative estimate of drug-likeness (QED) is 0.668. The minimum absolute atomic E-state index is 0.0557. The van der Waals surface area contributed by atoms with Gasteiger partial charge in [-0.05, 0) is 29.8 Å². The molecule has 94 valence electrons. The fourth-order valence-electron chi connectivity index (χ4n) is 1.75. The summed E-state index contributed by atoms with van der Waals surface area (Å²) in [5, 5.41) is 1.38. The van der Waals surface area contributed by atoms with Gasteiger partial charge in [0.15, 0.2) is 0 Å². The Kier molecular flexibility index (Phi) is 4.55. The number of rotatable bonds is 3. The molecule has 4 heteroatoms. The third kappa shape index (κ3) is 2.82. The van der Waals surface area contributed by atoms with Gasteiger partial charge in [-0.1, -0.05) is 57.3 Å². The molecule has 18 heavy (non-hydrogen) atoms. The van der Waals surface area contributed by atoms with Crippen molar-refractivity contribution in [2.24, 2.45) is 0 Å². The minimum Gasteiger partial charge on any atom is -0.496 e. The monoisotopic (exact) mass is 344 g/mol. The van der Waals surface area contributed by atoms with Crippen molar-refractivity contribution in [3.8, 4) is 5.75 Å². The molecule has 1 nitrogen and oxygen atoms in total. The highest BCUT2D eigenvalue weighted by Gasteiger charge is 2.17. The molecule has 0 aliphatic carbocycles. The lowest BCUT2D eigenvalue weighted by Crippen LogP contribution is -1.97. The molecule has 0 fully saturated rings. The summed E-state index contributed by atoms with van der Waals surface area (Å²) in [6.07, 6.45) is 0. The molecule has 2 aromatic rings. The van der Waals surface area contributed by atoms with Crippen LogP contribution in [0.3, 0.4) is 0 Å². The first-order valence-corrected chi connectivity index (χ1v) is 7.02. The topological polar surface area (TPSA) is 9.23 Å². The zero-order valence-electron chi connectivity index (χ0n) is 9.66. The van der Waals surface area contributed by atoms with E-state index >= 15 is 0 Å². The molecule has 0 saturated heterocycles. The van der Waals surface area contributed by atoms with E-state index in [1.807, 2.05) is 36.4 Å². The van der Waals surface area contributed by atoms with Crippen molar-refractivity contribution < 1.29 is 4.74 Å². The third-order valence-corrected chi connectivity index (χ3v) is 4.21. The van der Waals surface area contributed by atoms with Crippen molar-refractivity contribution in [3.63, 3.8) is 0 Å². The number of alkyl halides is 1. The van der Waals surface area contributed by atoms with Crippen molar-refractivity contribution >= 4 is 39.1 Å². The average Bonchev–Trinajstić information content (AvgIpc) is 2.38. The Bertz CT molecular complexity index is 557. The van der Waals surface area contributed by atoms with Crippen molar-refractivity contribution in [2.75, 3.05) is 7.11 Å². The van der Waals surface area contributed by atoms with Crippen LogP contribution in [-0.2, 0) is 0 Å². The zero-order valence-corrected chi connectivity index (χ0v) is 12.8. The van der Waals surface area contributed by atoms with Crippen molar-refractivity contribution in [1.29, 1.82) is 0 Å². The van der Waals surface area contributed by atoms with Crippen LogP contribution in [0.1, 0.15) is 16.0 Å². The Morgan fingerprint density at radius 3 is 2.44 bits per heavy atom. The van der Waals surface area contributed by atoms with Crippen molar-refractivity contribution in [1.82, 2.24) is 0 Å². The van der Waals surface area contributed by atoms with Crippen LogP contribution < -0.4 is 4.74 Å². The average molecular weight is 346 g/mol. The van der Waals surface area contributed by atoms with Gasteiger partial charge in [0.05, 0.1) is 11.9 Å². The van der Waals surface area contributed by atoms with Crippen LogP contribution in [0, 0.1) is 0 Å². The normalized spacial score (nSPS) is 12.2. The number of methoxy groups -OCH3 is 1. The Balaban J connectivity index is 2.48. The van der Waals surface area contributed by atoms with Crippen molar-refractivity contribution in [3.05, 3.63) is 63.6 Å². The molecule has 1 unspecified atom stereocenters. The van der Waals surface area contributed by atoms with Gasteiger partial charge in [0.2, 0.25) is 0 Å². The molecule has 0 saturated carbocycles. The maximum Gasteiger partial charge on any atom is 0.123 e. The smallest absolute Gasteiger partial charge is 0.123 e. The van der Waals surface area contributed by atoms with E-state index < -0.39 is 0 Å². The van der Waals surface area contributed by atoms with Gasteiger partial charge in [-0.15, -0.1) is 0 Å².